The SMILES string of the molecule is C=CC(=O)N1CC[C@H](Cc2cc(CN3CCOCC3)cc(Nc3ncc(C)s3)n2)C1. The van der Waals surface area contributed by atoms with E-state index in [1.54, 1.807) is 11.3 Å². The van der Waals surface area contributed by atoms with Crippen LogP contribution < -0.4 is 5.32 Å². The molecule has 0 aromatic carbocycles. The van der Waals surface area contributed by atoms with Crippen LogP contribution in [-0.4, -0.2) is 65.1 Å². The number of rotatable bonds is 7. The first-order valence-corrected chi connectivity index (χ1v) is 11.3. The Labute approximate surface area is 181 Å². The van der Waals surface area contributed by atoms with Crippen LogP contribution in [-0.2, 0) is 22.5 Å². The van der Waals surface area contributed by atoms with E-state index in [0.29, 0.717) is 5.92 Å². The van der Waals surface area contributed by atoms with Crippen molar-refractivity contribution < 1.29 is 9.53 Å². The number of nitrogens with zero attached hydrogens (tertiary/aromatic N) is 4. The quantitative estimate of drug-likeness (QED) is 0.685. The third kappa shape index (κ3) is 5.44. The number of amides is 1. The Morgan fingerprint density at radius 1 is 1.37 bits per heavy atom. The lowest BCUT2D eigenvalue weighted by Crippen LogP contribution is -2.35. The Balaban J connectivity index is 1.50. The fraction of sp³-hybridized carbons (Fsp3) is 0.500. The third-order valence-corrected chi connectivity index (χ3v) is 6.40. The van der Waals surface area contributed by atoms with Gasteiger partial charge in [0.2, 0.25) is 5.91 Å². The molecule has 2 fully saturated rings. The lowest BCUT2D eigenvalue weighted by molar-refractivity contribution is -0.125. The van der Waals surface area contributed by atoms with Crippen molar-refractivity contribution in [3.05, 3.63) is 47.1 Å². The smallest absolute Gasteiger partial charge is 0.245 e. The second-order valence-corrected chi connectivity index (χ2v) is 9.22. The van der Waals surface area contributed by atoms with Crippen LogP contribution >= 0.6 is 11.3 Å². The summed E-state index contributed by atoms with van der Waals surface area (Å²) in [6.45, 7) is 11.6. The third-order valence-electron chi connectivity index (χ3n) is 5.57. The number of hydrogen-bond acceptors (Lipinski definition) is 7. The van der Waals surface area contributed by atoms with Crippen molar-refractivity contribution >= 4 is 28.2 Å². The summed E-state index contributed by atoms with van der Waals surface area (Å²) < 4.78 is 5.48. The highest BCUT2D eigenvalue weighted by atomic mass is 32.1. The summed E-state index contributed by atoms with van der Waals surface area (Å²) in [5.74, 6) is 1.28. The second kappa shape index (κ2) is 9.68. The van der Waals surface area contributed by atoms with Crippen LogP contribution in [0.3, 0.4) is 0 Å². The number of nitrogens with one attached hydrogen (secondary N) is 1. The number of aryl methyl sites for hydroxylation is 1. The fourth-order valence-electron chi connectivity index (χ4n) is 4.07. The van der Waals surface area contributed by atoms with Crippen LogP contribution in [0.5, 0.6) is 0 Å². The average Bonchev–Trinajstić information content (AvgIpc) is 3.37. The van der Waals surface area contributed by atoms with Gasteiger partial charge in [-0.3, -0.25) is 9.69 Å². The van der Waals surface area contributed by atoms with Crippen molar-refractivity contribution in [2.24, 2.45) is 5.92 Å². The highest BCUT2D eigenvalue weighted by molar-refractivity contribution is 7.15. The van der Waals surface area contributed by atoms with E-state index in [-0.39, 0.29) is 5.91 Å². The van der Waals surface area contributed by atoms with Gasteiger partial charge in [-0.15, -0.1) is 11.3 Å². The number of carbonyl (C=O) groups excluding carboxylic acids is 1. The number of aromatic nitrogens is 2. The van der Waals surface area contributed by atoms with E-state index >= 15 is 0 Å². The van der Waals surface area contributed by atoms with E-state index in [2.05, 4.69) is 33.9 Å². The van der Waals surface area contributed by atoms with Crippen LogP contribution in [0.1, 0.15) is 22.6 Å². The van der Waals surface area contributed by atoms with Gasteiger partial charge in [-0.05, 0) is 49.5 Å². The highest BCUT2D eigenvalue weighted by Crippen LogP contribution is 2.25. The molecule has 2 aromatic rings. The number of pyridine rings is 1. The van der Waals surface area contributed by atoms with Crippen molar-refractivity contribution in [3.63, 3.8) is 0 Å². The standard InChI is InChI=1S/C22H29N5O2S/c1-3-21(28)27-5-4-17(15-27)10-19-11-18(14-26-6-8-29-9-7-26)12-20(24-19)25-22-23-13-16(2)30-22/h3,11-13,17H,1,4-10,14-15H2,2H3,(H,23,24,25)/t17-/m1/s1. The molecule has 0 bridgehead atoms. The van der Waals surface area contributed by atoms with E-state index in [1.807, 2.05) is 18.0 Å². The predicted molar refractivity (Wildman–Crippen MR) is 119 cm³/mol. The van der Waals surface area contributed by atoms with E-state index < -0.39 is 0 Å². The zero-order valence-corrected chi connectivity index (χ0v) is 18.3. The van der Waals surface area contributed by atoms with Crippen molar-refractivity contribution in [1.82, 2.24) is 19.8 Å². The molecule has 1 N–H and O–H groups in total. The van der Waals surface area contributed by atoms with E-state index in [0.717, 1.165) is 75.4 Å². The van der Waals surface area contributed by atoms with Gasteiger partial charge < -0.3 is 15.0 Å². The number of carbonyl (C=O) groups is 1. The minimum absolute atomic E-state index is 0.0213. The molecule has 0 unspecified atom stereocenters. The molecule has 1 atom stereocenters. The summed E-state index contributed by atoms with van der Waals surface area (Å²) in [7, 11) is 0. The van der Waals surface area contributed by atoms with Gasteiger partial charge in [0, 0.05) is 49.5 Å². The van der Waals surface area contributed by atoms with Crippen LogP contribution in [0.2, 0.25) is 0 Å². The number of thiazole rings is 1. The Morgan fingerprint density at radius 2 is 2.20 bits per heavy atom. The number of ether oxygens (including phenoxy) is 1. The van der Waals surface area contributed by atoms with Crippen molar-refractivity contribution in [2.75, 3.05) is 44.7 Å². The van der Waals surface area contributed by atoms with Crippen molar-refractivity contribution in [2.45, 2.75) is 26.3 Å². The molecule has 2 aliphatic rings. The molecule has 0 spiro atoms. The number of likely N-dealkylation sites (tertiary alicyclic amines) is 1. The van der Waals surface area contributed by atoms with Gasteiger partial charge in [0.05, 0.1) is 13.2 Å². The first-order valence-electron chi connectivity index (χ1n) is 10.5. The maximum absolute atomic E-state index is 11.9. The van der Waals surface area contributed by atoms with Gasteiger partial charge in [-0.2, -0.15) is 0 Å². The van der Waals surface area contributed by atoms with Crippen molar-refractivity contribution in [1.29, 1.82) is 0 Å². The largest absolute Gasteiger partial charge is 0.379 e. The second-order valence-electron chi connectivity index (χ2n) is 7.99. The normalized spacial score (nSPS) is 19.8. The summed E-state index contributed by atoms with van der Waals surface area (Å²) in [6.07, 6.45) is 5.14. The van der Waals surface area contributed by atoms with Crippen LogP contribution in [0.25, 0.3) is 0 Å². The topological polar surface area (TPSA) is 70.6 Å². The zero-order valence-electron chi connectivity index (χ0n) is 17.5. The van der Waals surface area contributed by atoms with Gasteiger partial charge >= 0.3 is 0 Å². The monoisotopic (exact) mass is 427 g/mol. The lowest BCUT2D eigenvalue weighted by atomic mass is 10.0. The molecule has 2 saturated heterocycles. The molecule has 2 aliphatic heterocycles. The average molecular weight is 428 g/mol. The van der Waals surface area contributed by atoms with E-state index in [4.69, 9.17) is 9.72 Å². The molecule has 30 heavy (non-hydrogen) atoms. The van der Waals surface area contributed by atoms with Gasteiger partial charge in [0.1, 0.15) is 5.82 Å². The van der Waals surface area contributed by atoms with Crippen LogP contribution in [0.15, 0.2) is 31.0 Å². The summed E-state index contributed by atoms with van der Waals surface area (Å²) in [5, 5.41) is 4.24. The maximum Gasteiger partial charge on any atom is 0.245 e. The Kier molecular flexibility index (Phi) is 6.76. The molecule has 4 heterocycles. The van der Waals surface area contributed by atoms with Gasteiger partial charge in [-0.25, -0.2) is 9.97 Å². The summed E-state index contributed by atoms with van der Waals surface area (Å²) in [6, 6.07) is 4.34. The molecule has 8 heteroatoms. The number of morpholine rings is 1. The Hall–Kier alpha value is -2.29. The molecule has 0 radical (unpaired) electrons. The molecule has 2 aromatic heterocycles. The molecular formula is C22H29N5O2S. The predicted octanol–water partition coefficient (Wildman–Crippen LogP) is 3.00. The first kappa shape index (κ1) is 21.0. The number of anilines is 2. The molecule has 7 nitrogen and oxygen atoms in total. The summed E-state index contributed by atoms with van der Waals surface area (Å²) in [5.41, 5.74) is 2.31. The van der Waals surface area contributed by atoms with Gasteiger partial charge in [0.15, 0.2) is 5.13 Å². The Bertz CT molecular complexity index is 893. The minimum Gasteiger partial charge on any atom is -0.379 e. The molecule has 160 valence electrons. The first-order chi connectivity index (χ1) is 14.6. The van der Waals surface area contributed by atoms with Gasteiger partial charge in [-0.1, -0.05) is 6.58 Å². The summed E-state index contributed by atoms with van der Waals surface area (Å²) >= 11 is 1.63. The van der Waals surface area contributed by atoms with E-state index in [9.17, 15) is 4.79 Å². The summed E-state index contributed by atoms with van der Waals surface area (Å²) in [4.78, 5) is 26.7. The molecule has 1 amide bonds. The van der Waals surface area contributed by atoms with Gasteiger partial charge in [0.25, 0.3) is 0 Å². The maximum atomic E-state index is 11.9. The van der Waals surface area contributed by atoms with E-state index in [1.165, 1.54) is 16.5 Å². The zero-order chi connectivity index (χ0) is 20.9. The lowest BCUT2D eigenvalue weighted by Gasteiger charge is -2.27. The molecule has 0 aliphatic carbocycles. The molecular weight excluding hydrogens is 398 g/mol. The van der Waals surface area contributed by atoms with Crippen molar-refractivity contribution in [3.8, 4) is 0 Å². The Morgan fingerprint density at radius 3 is 2.93 bits per heavy atom. The molecule has 0 saturated carbocycles. The number of hydrogen-bond donors (Lipinski definition) is 1. The van der Waals surface area contributed by atoms with Crippen LogP contribution in [0, 0.1) is 12.8 Å². The molecule has 4 rings (SSSR count). The highest BCUT2D eigenvalue weighted by Gasteiger charge is 2.25. The van der Waals surface area contributed by atoms with Crippen LogP contribution in [0.4, 0.5) is 10.9 Å². The minimum atomic E-state index is 0.0213. The fourth-order valence-corrected chi connectivity index (χ4v) is 4.75.